The minimum Gasteiger partial charge on any atom is -0.497 e. The molecular formula is C20H23N5O3S. The highest BCUT2D eigenvalue weighted by molar-refractivity contribution is 7.09. The van der Waals surface area contributed by atoms with Gasteiger partial charge in [-0.05, 0) is 31.2 Å². The van der Waals surface area contributed by atoms with Crippen LogP contribution in [0.1, 0.15) is 16.6 Å². The molecule has 1 amide bonds. The van der Waals surface area contributed by atoms with Crippen LogP contribution in [-0.4, -0.2) is 64.1 Å². The van der Waals surface area contributed by atoms with Crippen molar-refractivity contribution in [1.29, 1.82) is 0 Å². The molecule has 0 unspecified atom stereocenters. The predicted molar refractivity (Wildman–Crippen MR) is 109 cm³/mol. The zero-order valence-electron chi connectivity index (χ0n) is 16.5. The van der Waals surface area contributed by atoms with Crippen LogP contribution in [0.5, 0.6) is 5.75 Å². The van der Waals surface area contributed by atoms with Crippen LogP contribution in [0.25, 0.3) is 11.4 Å². The Morgan fingerprint density at radius 1 is 1.17 bits per heavy atom. The van der Waals surface area contributed by atoms with Crippen LogP contribution >= 0.6 is 11.3 Å². The summed E-state index contributed by atoms with van der Waals surface area (Å²) in [5.41, 5.74) is 1.74. The summed E-state index contributed by atoms with van der Waals surface area (Å²) in [7, 11) is 1.63. The minimum absolute atomic E-state index is 0.134. The lowest BCUT2D eigenvalue weighted by molar-refractivity contribution is -0.132. The van der Waals surface area contributed by atoms with E-state index in [0.29, 0.717) is 37.8 Å². The molecule has 0 bridgehead atoms. The van der Waals surface area contributed by atoms with E-state index in [9.17, 15) is 4.79 Å². The molecule has 4 rings (SSSR count). The highest BCUT2D eigenvalue weighted by atomic mass is 32.1. The number of hydrogen-bond acceptors (Lipinski definition) is 8. The third-order valence-electron chi connectivity index (χ3n) is 4.90. The van der Waals surface area contributed by atoms with Crippen molar-refractivity contribution < 1.29 is 14.1 Å². The number of hydrogen-bond donors (Lipinski definition) is 0. The van der Waals surface area contributed by atoms with Gasteiger partial charge in [0.15, 0.2) is 0 Å². The number of benzene rings is 1. The Bertz CT molecular complexity index is 961. The Kier molecular flexibility index (Phi) is 5.86. The van der Waals surface area contributed by atoms with Gasteiger partial charge in [-0.3, -0.25) is 9.69 Å². The number of nitrogens with zero attached hydrogens (tertiary/aromatic N) is 5. The first-order valence-corrected chi connectivity index (χ1v) is 10.4. The van der Waals surface area contributed by atoms with Gasteiger partial charge in [0.2, 0.25) is 17.6 Å². The molecule has 3 heterocycles. The van der Waals surface area contributed by atoms with Crippen molar-refractivity contribution >= 4 is 17.2 Å². The Hall–Kier alpha value is -2.78. The third kappa shape index (κ3) is 4.80. The van der Waals surface area contributed by atoms with Crippen molar-refractivity contribution in [2.75, 3.05) is 33.3 Å². The Morgan fingerprint density at radius 3 is 2.59 bits per heavy atom. The van der Waals surface area contributed by atoms with Crippen LogP contribution in [0.3, 0.4) is 0 Å². The number of carbonyl (C=O) groups is 1. The normalized spacial score (nSPS) is 14.9. The molecule has 0 atom stereocenters. The van der Waals surface area contributed by atoms with Gasteiger partial charge in [-0.1, -0.05) is 5.16 Å². The molecule has 8 nitrogen and oxygen atoms in total. The fraction of sp³-hybridized carbons (Fsp3) is 0.400. The lowest BCUT2D eigenvalue weighted by Crippen LogP contribution is -2.48. The first kappa shape index (κ1) is 19.5. The molecule has 1 saturated heterocycles. The van der Waals surface area contributed by atoms with E-state index in [4.69, 9.17) is 9.26 Å². The topological polar surface area (TPSA) is 84.6 Å². The first-order valence-electron chi connectivity index (χ1n) is 9.49. The van der Waals surface area contributed by atoms with Crippen LogP contribution in [0.4, 0.5) is 0 Å². The Balaban J connectivity index is 1.28. The summed E-state index contributed by atoms with van der Waals surface area (Å²) in [5, 5.41) is 7.02. The lowest BCUT2D eigenvalue weighted by Gasteiger charge is -2.33. The maximum atomic E-state index is 12.5. The van der Waals surface area contributed by atoms with Gasteiger partial charge in [-0.15, -0.1) is 11.3 Å². The molecule has 0 aliphatic carbocycles. The molecule has 1 aliphatic rings. The average molecular weight is 414 g/mol. The van der Waals surface area contributed by atoms with Gasteiger partial charge in [0.25, 0.3) is 0 Å². The molecular weight excluding hydrogens is 390 g/mol. The summed E-state index contributed by atoms with van der Waals surface area (Å²) in [4.78, 5) is 25.5. The third-order valence-corrected chi connectivity index (χ3v) is 5.72. The molecule has 3 aromatic rings. The van der Waals surface area contributed by atoms with E-state index in [1.165, 1.54) is 0 Å². The predicted octanol–water partition coefficient (Wildman–Crippen LogP) is 2.40. The molecule has 29 heavy (non-hydrogen) atoms. The number of rotatable bonds is 6. The lowest BCUT2D eigenvalue weighted by atomic mass is 10.2. The highest BCUT2D eigenvalue weighted by Crippen LogP contribution is 2.20. The smallest absolute Gasteiger partial charge is 0.241 e. The minimum atomic E-state index is 0.134. The van der Waals surface area contributed by atoms with Crippen LogP contribution < -0.4 is 4.74 Å². The van der Waals surface area contributed by atoms with Gasteiger partial charge in [0, 0.05) is 37.1 Å². The van der Waals surface area contributed by atoms with Gasteiger partial charge >= 0.3 is 0 Å². The SMILES string of the molecule is COc1ccc(-c2noc(CN3CCN(C(=O)Cc4csc(C)n4)CC3)n2)cc1. The van der Waals surface area contributed by atoms with Crippen molar-refractivity contribution in [2.45, 2.75) is 19.9 Å². The molecule has 152 valence electrons. The van der Waals surface area contributed by atoms with Crippen molar-refractivity contribution in [3.8, 4) is 17.1 Å². The summed E-state index contributed by atoms with van der Waals surface area (Å²) in [6, 6.07) is 7.55. The quantitative estimate of drug-likeness (QED) is 0.613. The second-order valence-electron chi connectivity index (χ2n) is 6.93. The molecule has 1 aliphatic heterocycles. The zero-order valence-corrected chi connectivity index (χ0v) is 17.3. The summed E-state index contributed by atoms with van der Waals surface area (Å²) >= 11 is 1.58. The van der Waals surface area contributed by atoms with Crippen LogP contribution in [0.2, 0.25) is 0 Å². The molecule has 0 saturated carbocycles. The summed E-state index contributed by atoms with van der Waals surface area (Å²) in [5.74, 6) is 2.06. The van der Waals surface area contributed by atoms with E-state index in [1.54, 1.807) is 18.4 Å². The van der Waals surface area contributed by atoms with Crippen molar-refractivity contribution in [2.24, 2.45) is 0 Å². The first-order chi connectivity index (χ1) is 14.1. The number of aryl methyl sites for hydroxylation is 1. The second kappa shape index (κ2) is 8.71. The van der Waals surface area contributed by atoms with Gasteiger partial charge in [-0.2, -0.15) is 4.98 Å². The fourth-order valence-electron chi connectivity index (χ4n) is 3.28. The fourth-order valence-corrected chi connectivity index (χ4v) is 3.89. The number of carbonyl (C=O) groups excluding carboxylic acids is 1. The van der Waals surface area contributed by atoms with Gasteiger partial charge < -0.3 is 14.2 Å². The van der Waals surface area contributed by atoms with E-state index in [0.717, 1.165) is 35.1 Å². The van der Waals surface area contributed by atoms with E-state index in [-0.39, 0.29) is 5.91 Å². The van der Waals surface area contributed by atoms with Crippen molar-refractivity contribution in [3.05, 3.63) is 46.2 Å². The maximum absolute atomic E-state index is 12.5. The number of amides is 1. The summed E-state index contributed by atoms with van der Waals surface area (Å²) < 4.78 is 10.6. The highest BCUT2D eigenvalue weighted by Gasteiger charge is 2.23. The van der Waals surface area contributed by atoms with Crippen LogP contribution in [-0.2, 0) is 17.8 Å². The summed E-state index contributed by atoms with van der Waals surface area (Å²) in [6.45, 7) is 5.48. The summed E-state index contributed by atoms with van der Waals surface area (Å²) in [6.07, 6.45) is 0.374. The molecule has 2 aromatic heterocycles. The van der Waals surface area contributed by atoms with Crippen molar-refractivity contribution in [1.82, 2.24) is 24.9 Å². The molecule has 0 N–H and O–H groups in total. The molecule has 9 heteroatoms. The van der Waals surface area contributed by atoms with E-state index in [1.807, 2.05) is 41.5 Å². The number of piperazine rings is 1. The maximum Gasteiger partial charge on any atom is 0.241 e. The van der Waals surface area contributed by atoms with Gasteiger partial charge in [0.05, 0.1) is 30.8 Å². The zero-order chi connectivity index (χ0) is 20.2. The van der Waals surface area contributed by atoms with E-state index >= 15 is 0 Å². The second-order valence-corrected chi connectivity index (χ2v) is 7.99. The van der Waals surface area contributed by atoms with E-state index in [2.05, 4.69) is 20.0 Å². The number of ether oxygens (including phenoxy) is 1. The Morgan fingerprint density at radius 2 is 1.93 bits per heavy atom. The monoisotopic (exact) mass is 413 g/mol. The van der Waals surface area contributed by atoms with Gasteiger partial charge in [0.1, 0.15) is 5.75 Å². The Labute approximate surface area is 173 Å². The number of methoxy groups -OCH3 is 1. The molecule has 0 spiro atoms. The standard InChI is InChI=1S/C20H23N5O3S/c1-14-21-16(13-29-14)11-19(26)25-9-7-24(8-10-25)12-18-22-20(23-28-18)15-3-5-17(27-2)6-4-15/h3-6,13H,7-12H2,1-2H3. The molecule has 1 fully saturated rings. The van der Waals surface area contributed by atoms with E-state index < -0.39 is 0 Å². The molecule has 1 aromatic carbocycles. The number of aromatic nitrogens is 3. The largest absolute Gasteiger partial charge is 0.497 e. The van der Waals surface area contributed by atoms with Crippen LogP contribution in [0.15, 0.2) is 34.2 Å². The van der Waals surface area contributed by atoms with Gasteiger partial charge in [-0.25, -0.2) is 4.98 Å². The van der Waals surface area contributed by atoms with Crippen molar-refractivity contribution in [3.63, 3.8) is 0 Å². The average Bonchev–Trinajstić information content (AvgIpc) is 3.37. The molecule has 0 radical (unpaired) electrons. The van der Waals surface area contributed by atoms with Crippen LogP contribution in [0, 0.1) is 6.92 Å². The number of thiazole rings is 1.